The molecule has 0 spiro atoms. The van der Waals surface area contributed by atoms with Gasteiger partial charge in [0, 0.05) is 48.4 Å². The summed E-state index contributed by atoms with van der Waals surface area (Å²) in [5.74, 6) is 8.11. The van der Waals surface area contributed by atoms with Gasteiger partial charge < -0.3 is 19.5 Å². The smallest absolute Gasteiger partial charge is 0.346 e. The van der Waals surface area contributed by atoms with Gasteiger partial charge in [-0.1, -0.05) is 114 Å². The number of ether oxygens (including phenoxy) is 2. The van der Waals surface area contributed by atoms with Gasteiger partial charge in [-0.3, -0.25) is 0 Å². The monoisotopic (exact) mass is 994 g/mol. The van der Waals surface area contributed by atoms with Crippen LogP contribution in [0.25, 0.3) is 48.4 Å². The fourth-order valence-corrected chi connectivity index (χ4v) is 10.9. The van der Waals surface area contributed by atoms with Gasteiger partial charge in [0.1, 0.15) is 34.2 Å². The van der Waals surface area contributed by atoms with E-state index in [1.807, 2.05) is 18.2 Å². The number of thiophene rings is 2. The Labute approximate surface area is 430 Å². The number of anilines is 3. The largest absolute Gasteiger partial charge is 0.493 e. The van der Waals surface area contributed by atoms with E-state index in [2.05, 4.69) is 148 Å². The molecule has 71 heavy (non-hydrogen) atoms. The molecule has 1 N–H and O–H groups in total. The normalized spacial score (nSPS) is 12.2. The molecule has 0 saturated heterocycles. The van der Waals surface area contributed by atoms with Crippen molar-refractivity contribution in [3.8, 4) is 60.7 Å². The number of fused-ring (bicyclic) bond motifs is 1. The van der Waals surface area contributed by atoms with E-state index in [-0.39, 0.29) is 5.57 Å². The Hall–Kier alpha value is -7.02. The van der Waals surface area contributed by atoms with E-state index in [4.69, 9.17) is 28.6 Å². The predicted molar refractivity (Wildman–Crippen MR) is 295 cm³/mol. The van der Waals surface area contributed by atoms with E-state index in [0.717, 1.165) is 107 Å². The molecular weight excluding hydrogens is 937 g/mol. The summed E-state index contributed by atoms with van der Waals surface area (Å²) < 4.78 is 22.2. The van der Waals surface area contributed by atoms with Crippen LogP contribution in [0.5, 0.6) is 11.5 Å². The summed E-state index contributed by atoms with van der Waals surface area (Å²) in [7, 11) is 0. The number of aromatic nitrogens is 2. The number of hydrogen-bond donors (Lipinski definition) is 1. The zero-order valence-corrected chi connectivity index (χ0v) is 43.1. The molecule has 3 heterocycles. The van der Waals surface area contributed by atoms with Crippen molar-refractivity contribution >= 4 is 74.5 Å². The van der Waals surface area contributed by atoms with Gasteiger partial charge in [-0.15, -0.1) is 22.7 Å². The molecule has 360 valence electrons. The highest BCUT2D eigenvalue weighted by Crippen LogP contribution is 2.43. The van der Waals surface area contributed by atoms with Gasteiger partial charge in [-0.05, 0) is 139 Å². The Morgan fingerprint density at radius 1 is 0.634 bits per heavy atom. The highest BCUT2D eigenvalue weighted by atomic mass is 32.1. The van der Waals surface area contributed by atoms with Crippen molar-refractivity contribution in [1.29, 1.82) is 5.26 Å². The number of nitrogens with zero attached hydrogens (tertiary/aromatic N) is 4. The first-order valence-corrected chi connectivity index (χ1v) is 26.9. The van der Waals surface area contributed by atoms with E-state index in [0.29, 0.717) is 17.4 Å². The van der Waals surface area contributed by atoms with Gasteiger partial charge >= 0.3 is 5.97 Å². The molecule has 0 bridgehead atoms. The molecule has 0 fully saturated rings. The first-order valence-electron chi connectivity index (χ1n) is 24.6. The molecule has 0 aliphatic heterocycles. The van der Waals surface area contributed by atoms with E-state index in [1.54, 1.807) is 40.9 Å². The molecule has 11 heteroatoms. The minimum absolute atomic E-state index is 0.318. The maximum atomic E-state index is 11.2. The molecular formula is C60H58N4O4S3. The molecule has 8 aromatic rings. The highest BCUT2D eigenvalue weighted by molar-refractivity contribution is 7.19. The van der Waals surface area contributed by atoms with E-state index < -0.39 is 5.97 Å². The SMILES string of the molecule is CCCCC(CC)COc1ccc(N(c2ccc(OCC(CC)CCCC)cc2)c2ccc(-c3ccc(-c4ccc(-c5ccc(C#Cc6ccc(/C=C(/C#N)C(=O)O)cc6)s5)c5nsnc45)s3)cc2)cc1. The molecule has 8 rings (SSSR count). The summed E-state index contributed by atoms with van der Waals surface area (Å²) in [6.45, 7) is 10.5. The molecule has 5 aromatic carbocycles. The Morgan fingerprint density at radius 3 is 1.65 bits per heavy atom. The van der Waals surface area contributed by atoms with Crippen LogP contribution < -0.4 is 14.4 Å². The lowest BCUT2D eigenvalue weighted by Gasteiger charge is -2.26. The first kappa shape index (κ1) is 50.4. The van der Waals surface area contributed by atoms with Crippen LogP contribution in [0.3, 0.4) is 0 Å². The maximum absolute atomic E-state index is 11.2. The third-order valence-electron chi connectivity index (χ3n) is 12.7. The lowest BCUT2D eigenvalue weighted by atomic mass is 10.0. The number of carboxylic acids is 1. The lowest BCUT2D eigenvalue weighted by Crippen LogP contribution is -2.12. The topological polar surface area (TPSA) is 109 Å². The number of nitriles is 1. The third-order valence-corrected chi connectivity index (χ3v) is 15.4. The van der Waals surface area contributed by atoms with Crippen LogP contribution >= 0.6 is 34.4 Å². The van der Waals surface area contributed by atoms with E-state index >= 15 is 0 Å². The Kier molecular flexibility index (Phi) is 17.5. The Balaban J connectivity index is 0.996. The zero-order chi connectivity index (χ0) is 49.5. The predicted octanol–water partition coefficient (Wildman–Crippen LogP) is 16.9. The molecule has 0 aliphatic rings. The van der Waals surface area contributed by atoms with Crippen molar-refractivity contribution in [3.05, 3.63) is 155 Å². The molecule has 0 amide bonds. The maximum Gasteiger partial charge on any atom is 0.346 e. The second-order valence-corrected chi connectivity index (χ2v) is 20.3. The summed E-state index contributed by atoms with van der Waals surface area (Å²) in [5, 5.41) is 18.2. The van der Waals surface area contributed by atoms with Crippen LogP contribution in [0.2, 0.25) is 0 Å². The molecule has 8 nitrogen and oxygen atoms in total. The van der Waals surface area contributed by atoms with Crippen LogP contribution in [0.1, 0.15) is 95.1 Å². The number of hydrogen-bond acceptors (Lipinski definition) is 10. The van der Waals surface area contributed by atoms with Gasteiger partial charge in [0.2, 0.25) is 0 Å². The molecule has 0 radical (unpaired) electrons. The molecule has 0 saturated carbocycles. The summed E-state index contributed by atoms with van der Waals surface area (Å²) >= 11 is 4.56. The van der Waals surface area contributed by atoms with Crippen molar-refractivity contribution in [2.45, 2.75) is 79.1 Å². The number of benzene rings is 5. The minimum Gasteiger partial charge on any atom is -0.493 e. The Bertz CT molecular complexity index is 3090. The number of carbonyl (C=O) groups is 1. The van der Waals surface area contributed by atoms with Gasteiger partial charge in [0.05, 0.1) is 29.8 Å². The Morgan fingerprint density at radius 2 is 1.14 bits per heavy atom. The highest BCUT2D eigenvalue weighted by Gasteiger charge is 2.19. The average Bonchev–Trinajstić information content (AvgIpc) is 4.22. The average molecular weight is 995 g/mol. The first-order chi connectivity index (χ1) is 34.8. The summed E-state index contributed by atoms with van der Waals surface area (Å²) in [6.07, 6.45) is 10.9. The second-order valence-electron chi connectivity index (χ2n) is 17.6. The van der Waals surface area contributed by atoms with Gasteiger partial charge in [-0.2, -0.15) is 14.0 Å². The molecule has 0 aliphatic carbocycles. The fraction of sp³-hybridized carbons (Fsp3) is 0.267. The molecule has 2 unspecified atom stereocenters. The number of aliphatic carboxylic acids is 1. The van der Waals surface area contributed by atoms with Crippen LogP contribution in [-0.2, 0) is 4.79 Å². The zero-order valence-electron chi connectivity index (χ0n) is 40.7. The summed E-state index contributed by atoms with van der Waals surface area (Å²) in [4.78, 5) is 17.7. The van der Waals surface area contributed by atoms with E-state index in [9.17, 15) is 4.79 Å². The van der Waals surface area contributed by atoms with Gasteiger partial charge in [0.15, 0.2) is 0 Å². The summed E-state index contributed by atoms with van der Waals surface area (Å²) in [6, 6.07) is 47.3. The van der Waals surface area contributed by atoms with Gasteiger partial charge in [0.25, 0.3) is 0 Å². The number of rotatable bonds is 22. The van der Waals surface area contributed by atoms with Gasteiger partial charge in [-0.25, -0.2) is 4.79 Å². The standard InChI is InChI=1S/C60H58N4O4S3/c1-5-9-11-41(7-3)39-67-50-26-22-48(23-27-50)64(49-24-28-51(29-25-49)68-40-42(8-4)12-10-6-2)47-20-18-45(19-21-47)55-35-36-57(70-55)54-33-32-53(58-59(54)63-71-62-58)56-34-31-52(69-56)30-17-43-13-15-44(16-14-43)37-46(38-61)60(65)66/h13-16,18-29,31-37,41-42H,5-12,39-40H2,1-4H3,(H,65,66)/b46-37-. The van der Waals surface area contributed by atoms with Crippen LogP contribution in [0, 0.1) is 35.0 Å². The fourth-order valence-electron chi connectivity index (χ4n) is 8.39. The van der Waals surface area contributed by atoms with Crippen molar-refractivity contribution in [2.24, 2.45) is 11.8 Å². The van der Waals surface area contributed by atoms with Crippen LogP contribution in [-0.4, -0.2) is 33.0 Å². The molecule has 3 aromatic heterocycles. The third kappa shape index (κ3) is 12.9. The quantitative estimate of drug-likeness (QED) is 0.0406. The van der Waals surface area contributed by atoms with Crippen molar-refractivity contribution in [1.82, 2.24) is 8.75 Å². The van der Waals surface area contributed by atoms with Crippen molar-refractivity contribution in [3.63, 3.8) is 0 Å². The minimum atomic E-state index is -1.25. The van der Waals surface area contributed by atoms with Crippen molar-refractivity contribution < 1.29 is 19.4 Å². The van der Waals surface area contributed by atoms with Crippen LogP contribution in [0.15, 0.2) is 139 Å². The molecule has 2 atom stereocenters. The van der Waals surface area contributed by atoms with E-state index in [1.165, 1.54) is 56.3 Å². The van der Waals surface area contributed by atoms with Crippen LogP contribution in [0.4, 0.5) is 17.1 Å². The second kappa shape index (κ2) is 24.7. The lowest BCUT2D eigenvalue weighted by molar-refractivity contribution is -0.132. The number of carboxylic acid groups (broad SMARTS) is 1. The number of unbranched alkanes of at least 4 members (excludes halogenated alkanes) is 2. The summed E-state index contributed by atoms with van der Waals surface area (Å²) in [5.41, 5.74) is 9.17. The van der Waals surface area contributed by atoms with Crippen molar-refractivity contribution in [2.75, 3.05) is 18.1 Å².